The molecule has 0 saturated carbocycles. The maximum absolute atomic E-state index is 4.87. The Morgan fingerprint density at radius 2 is 2.11 bits per heavy atom. The van der Waals surface area contributed by atoms with E-state index < -0.39 is 0 Å². The number of aromatic nitrogens is 2. The summed E-state index contributed by atoms with van der Waals surface area (Å²) in [6.45, 7) is 9.36. The minimum Gasteiger partial charge on any atom is -0.357 e. The lowest BCUT2D eigenvalue weighted by atomic mass is 9.82. The molecule has 0 bridgehead atoms. The number of aliphatic imine (C=N–C) groups is 1. The average molecular weight is 481 g/mol. The number of nitrogens with zero attached hydrogens (tertiary/aromatic N) is 4. The molecule has 0 amide bonds. The Morgan fingerprint density at radius 1 is 1.30 bits per heavy atom. The van der Waals surface area contributed by atoms with E-state index in [0.717, 1.165) is 45.1 Å². The Morgan fingerprint density at radius 3 is 2.78 bits per heavy atom. The van der Waals surface area contributed by atoms with Crippen molar-refractivity contribution < 1.29 is 0 Å². The molecule has 1 saturated heterocycles. The van der Waals surface area contributed by atoms with Crippen molar-refractivity contribution >= 4 is 29.9 Å². The molecule has 1 aliphatic heterocycles. The highest BCUT2D eigenvalue weighted by atomic mass is 127. The summed E-state index contributed by atoms with van der Waals surface area (Å²) in [6, 6.07) is 10.9. The van der Waals surface area contributed by atoms with Crippen LogP contribution in [0, 0.1) is 5.92 Å². The van der Waals surface area contributed by atoms with E-state index in [9.17, 15) is 0 Å². The molecule has 2 atom stereocenters. The van der Waals surface area contributed by atoms with E-state index in [-0.39, 0.29) is 24.0 Å². The van der Waals surface area contributed by atoms with Crippen LogP contribution >= 0.6 is 24.0 Å². The molecule has 1 aromatic heterocycles. The van der Waals surface area contributed by atoms with E-state index in [1.54, 1.807) is 0 Å². The van der Waals surface area contributed by atoms with Gasteiger partial charge in [0.1, 0.15) is 0 Å². The van der Waals surface area contributed by atoms with Gasteiger partial charge in [0.2, 0.25) is 0 Å². The fourth-order valence-electron chi connectivity index (χ4n) is 3.82. The predicted octanol–water partition coefficient (Wildman–Crippen LogP) is 3.98. The minimum absolute atomic E-state index is 0. The van der Waals surface area contributed by atoms with Gasteiger partial charge in [0, 0.05) is 45.1 Å². The predicted molar refractivity (Wildman–Crippen MR) is 123 cm³/mol. The first kappa shape index (κ1) is 21.7. The number of benzene rings is 1. The zero-order chi connectivity index (χ0) is 18.2. The van der Waals surface area contributed by atoms with Gasteiger partial charge in [-0.15, -0.1) is 24.0 Å². The zero-order valence-electron chi connectivity index (χ0n) is 16.4. The van der Waals surface area contributed by atoms with Crippen LogP contribution in [-0.4, -0.2) is 46.6 Å². The third-order valence-corrected chi connectivity index (χ3v) is 5.16. The molecule has 6 heteroatoms. The van der Waals surface area contributed by atoms with E-state index in [0.29, 0.717) is 11.8 Å². The Bertz CT molecular complexity index is 671. The quantitative estimate of drug-likeness (QED) is 0.294. The van der Waals surface area contributed by atoms with Gasteiger partial charge in [-0.05, 0) is 37.2 Å². The summed E-state index contributed by atoms with van der Waals surface area (Å²) in [7, 11) is 0. The molecule has 1 aromatic carbocycles. The molecule has 0 spiro atoms. The third kappa shape index (κ3) is 6.23. The summed E-state index contributed by atoms with van der Waals surface area (Å²) >= 11 is 0. The largest absolute Gasteiger partial charge is 0.357 e. The van der Waals surface area contributed by atoms with Gasteiger partial charge in [-0.25, -0.2) is 4.98 Å². The smallest absolute Gasteiger partial charge is 0.193 e. The fraction of sp³-hybridized carbons (Fsp3) is 0.524. The SMILES string of the molecule is CCNC(=NCCCn1ccnc1)N1CCC(c2ccccc2)C(C)C1.I. The standard InChI is InChI=1S/C21H31N5.HI/c1-3-23-21(24-11-7-13-25-15-12-22-17-25)26-14-10-20(18(2)16-26)19-8-5-4-6-9-19;/h4-6,8-9,12,15,17-18,20H,3,7,10-11,13-14,16H2,1-2H3,(H,23,24);1H. The summed E-state index contributed by atoms with van der Waals surface area (Å²) in [4.78, 5) is 11.4. The van der Waals surface area contributed by atoms with Gasteiger partial charge in [0.05, 0.1) is 6.33 Å². The summed E-state index contributed by atoms with van der Waals surface area (Å²) < 4.78 is 2.11. The summed E-state index contributed by atoms with van der Waals surface area (Å²) in [5, 5.41) is 3.48. The molecule has 1 fully saturated rings. The van der Waals surface area contributed by atoms with Crippen LogP contribution in [0.4, 0.5) is 0 Å². The molecule has 2 unspecified atom stereocenters. The first-order valence-electron chi connectivity index (χ1n) is 9.82. The number of hydrogen-bond acceptors (Lipinski definition) is 2. The molecule has 148 valence electrons. The molecular formula is C21H32IN5. The van der Waals surface area contributed by atoms with Crippen LogP contribution in [0.25, 0.3) is 0 Å². The van der Waals surface area contributed by atoms with E-state index >= 15 is 0 Å². The Hall–Kier alpha value is -1.57. The van der Waals surface area contributed by atoms with Crippen molar-refractivity contribution in [3.05, 3.63) is 54.6 Å². The number of aryl methyl sites for hydroxylation is 1. The average Bonchev–Trinajstić information content (AvgIpc) is 3.18. The van der Waals surface area contributed by atoms with Crippen molar-refractivity contribution in [2.75, 3.05) is 26.2 Å². The molecule has 5 nitrogen and oxygen atoms in total. The van der Waals surface area contributed by atoms with Crippen LogP contribution in [-0.2, 0) is 6.54 Å². The number of rotatable bonds is 6. The lowest BCUT2D eigenvalue weighted by Crippen LogP contribution is -2.48. The normalized spacial score (nSPS) is 20.2. The van der Waals surface area contributed by atoms with Crippen LogP contribution < -0.4 is 5.32 Å². The van der Waals surface area contributed by atoms with Crippen molar-refractivity contribution in [3.63, 3.8) is 0 Å². The van der Waals surface area contributed by atoms with Gasteiger partial charge < -0.3 is 14.8 Å². The second-order valence-corrected chi connectivity index (χ2v) is 7.12. The molecule has 0 aliphatic carbocycles. The van der Waals surface area contributed by atoms with E-state index in [2.05, 4.69) is 63.9 Å². The third-order valence-electron chi connectivity index (χ3n) is 5.16. The van der Waals surface area contributed by atoms with Crippen LogP contribution in [0.5, 0.6) is 0 Å². The maximum atomic E-state index is 4.87. The van der Waals surface area contributed by atoms with Crippen LogP contribution in [0.2, 0.25) is 0 Å². The molecule has 2 heterocycles. The topological polar surface area (TPSA) is 45.5 Å². The number of likely N-dealkylation sites (tertiary alicyclic amines) is 1. The second kappa shape index (κ2) is 11.3. The van der Waals surface area contributed by atoms with Crippen molar-refractivity contribution in [2.45, 2.75) is 39.2 Å². The van der Waals surface area contributed by atoms with Gasteiger partial charge in [0.25, 0.3) is 0 Å². The van der Waals surface area contributed by atoms with Crippen LogP contribution in [0.1, 0.15) is 38.2 Å². The molecule has 1 N–H and O–H groups in total. The second-order valence-electron chi connectivity index (χ2n) is 7.12. The summed E-state index contributed by atoms with van der Waals surface area (Å²) in [6.07, 6.45) is 7.91. The van der Waals surface area contributed by atoms with Gasteiger partial charge in [-0.3, -0.25) is 4.99 Å². The Balaban J connectivity index is 0.00000261. The number of imidazole rings is 1. The van der Waals surface area contributed by atoms with Gasteiger partial charge in [-0.1, -0.05) is 37.3 Å². The van der Waals surface area contributed by atoms with Gasteiger partial charge >= 0.3 is 0 Å². The summed E-state index contributed by atoms with van der Waals surface area (Å²) in [5.41, 5.74) is 1.47. The monoisotopic (exact) mass is 481 g/mol. The van der Waals surface area contributed by atoms with Gasteiger partial charge in [0.15, 0.2) is 5.96 Å². The molecule has 1 aliphatic rings. The fourth-order valence-corrected chi connectivity index (χ4v) is 3.82. The highest BCUT2D eigenvalue weighted by Gasteiger charge is 2.28. The number of hydrogen-bond donors (Lipinski definition) is 1. The van der Waals surface area contributed by atoms with E-state index in [1.165, 1.54) is 12.0 Å². The maximum Gasteiger partial charge on any atom is 0.193 e. The van der Waals surface area contributed by atoms with Crippen molar-refractivity contribution in [2.24, 2.45) is 10.9 Å². The molecular weight excluding hydrogens is 449 g/mol. The first-order chi connectivity index (χ1) is 12.8. The lowest BCUT2D eigenvalue weighted by molar-refractivity contribution is 0.234. The molecule has 3 rings (SSSR count). The molecule has 0 radical (unpaired) electrons. The number of piperidine rings is 1. The number of nitrogens with one attached hydrogen (secondary N) is 1. The molecule has 2 aromatic rings. The van der Waals surface area contributed by atoms with E-state index in [1.807, 2.05) is 18.7 Å². The Kier molecular flexibility index (Phi) is 9.10. The number of guanidine groups is 1. The number of halogens is 1. The summed E-state index contributed by atoms with van der Waals surface area (Å²) in [5.74, 6) is 2.34. The zero-order valence-corrected chi connectivity index (χ0v) is 18.8. The van der Waals surface area contributed by atoms with Gasteiger partial charge in [-0.2, -0.15) is 0 Å². The van der Waals surface area contributed by atoms with Crippen LogP contribution in [0.15, 0.2) is 54.0 Å². The lowest BCUT2D eigenvalue weighted by Gasteiger charge is -2.39. The highest BCUT2D eigenvalue weighted by Crippen LogP contribution is 2.32. The molecule has 27 heavy (non-hydrogen) atoms. The van der Waals surface area contributed by atoms with Crippen molar-refractivity contribution in [1.29, 1.82) is 0 Å². The van der Waals surface area contributed by atoms with Crippen molar-refractivity contribution in [3.8, 4) is 0 Å². The minimum atomic E-state index is 0. The first-order valence-corrected chi connectivity index (χ1v) is 9.82. The van der Waals surface area contributed by atoms with Crippen molar-refractivity contribution in [1.82, 2.24) is 19.8 Å². The van der Waals surface area contributed by atoms with E-state index in [4.69, 9.17) is 4.99 Å². The highest BCUT2D eigenvalue weighted by molar-refractivity contribution is 14.0. The Labute approximate surface area is 180 Å². The van der Waals surface area contributed by atoms with Crippen LogP contribution in [0.3, 0.4) is 0 Å².